The molecule has 3 aromatic rings. The van der Waals surface area contributed by atoms with Crippen LogP contribution >= 0.6 is 39.0 Å². The molecule has 3 nitrogen and oxygen atoms in total. The second-order valence-corrected chi connectivity index (χ2v) is 8.40. The average molecular weight is 436 g/mol. The number of pyridine rings is 1. The van der Waals surface area contributed by atoms with Gasteiger partial charge in [0, 0.05) is 21.8 Å². The molecule has 130 valence electrons. The third kappa shape index (κ3) is 5.85. The largest absolute Gasteiger partial charge is 0.480 e. The van der Waals surface area contributed by atoms with Crippen molar-refractivity contribution in [1.29, 1.82) is 0 Å². The molecule has 0 unspecified atom stereocenters. The van der Waals surface area contributed by atoms with Crippen molar-refractivity contribution in [2.75, 3.05) is 6.61 Å². The maximum atomic E-state index is 10.2. The van der Waals surface area contributed by atoms with E-state index in [0.29, 0.717) is 13.0 Å². The van der Waals surface area contributed by atoms with Crippen molar-refractivity contribution >= 4 is 39.0 Å². The van der Waals surface area contributed by atoms with E-state index in [4.69, 9.17) is 4.74 Å². The van der Waals surface area contributed by atoms with Crippen LogP contribution in [0.4, 0.5) is 0 Å². The SMILES string of the molecule is O[C@H](CCc1cccnc1)COc1sccc1Sc1ccc(Br)cc1. The number of hydrogen-bond donors (Lipinski definition) is 1. The number of nitrogens with zero attached hydrogens (tertiary/aromatic N) is 1. The van der Waals surface area contributed by atoms with Crippen molar-refractivity contribution in [3.63, 3.8) is 0 Å². The number of rotatable bonds is 8. The molecule has 1 atom stereocenters. The van der Waals surface area contributed by atoms with Crippen LogP contribution in [-0.2, 0) is 6.42 Å². The van der Waals surface area contributed by atoms with Crippen LogP contribution in [-0.4, -0.2) is 22.8 Å². The molecule has 1 aromatic carbocycles. The standard InChI is InChI=1S/C19H18BrNO2S2/c20-15-4-7-17(8-5-15)25-18-9-11-24-19(18)23-13-16(22)6-3-14-2-1-10-21-12-14/h1-2,4-5,7-12,16,22H,3,6,13H2/t16-/m1/s1. The van der Waals surface area contributed by atoms with E-state index in [0.717, 1.165) is 31.3 Å². The van der Waals surface area contributed by atoms with E-state index in [2.05, 4.69) is 39.1 Å². The summed E-state index contributed by atoms with van der Waals surface area (Å²) in [6, 6.07) is 14.2. The Hall–Kier alpha value is -1.34. The number of aryl methyl sites for hydroxylation is 1. The summed E-state index contributed by atoms with van der Waals surface area (Å²) in [6.07, 6.45) is 4.55. The molecule has 0 amide bonds. The Morgan fingerprint density at radius 3 is 2.80 bits per heavy atom. The summed E-state index contributed by atoms with van der Waals surface area (Å²) in [4.78, 5) is 6.32. The zero-order chi connectivity index (χ0) is 17.5. The van der Waals surface area contributed by atoms with Gasteiger partial charge in [0.1, 0.15) is 6.61 Å². The molecule has 1 N–H and O–H groups in total. The molecular weight excluding hydrogens is 418 g/mol. The quantitative estimate of drug-likeness (QED) is 0.512. The summed E-state index contributed by atoms with van der Waals surface area (Å²) < 4.78 is 6.91. The van der Waals surface area contributed by atoms with Crippen LogP contribution in [0, 0.1) is 0 Å². The van der Waals surface area contributed by atoms with Crippen molar-refractivity contribution in [2.24, 2.45) is 0 Å². The van der Waals surface area contributed by atoms with Crippen LogP contribution in [0.25, 0.3) is 0 Å². The third-order valence-electron chi connectivity index (χ3n) is 3.53. The van der Waals surface area contributed by atoms with Gasteiger partial charge in [0.05, 0.1) is 11.0 Å². The van der Waals surface area contributed by atoms with E-state index in [9.17, 15) is 5.11 Å². The van der Waals surface area contributed by atoms with Crippen molar-refractivity contribution in [3.8, 4) is 5.06 Å². The van der Waals surface area contributed by atoms with Crippen LogP contribution in [0.15, 0.2) is 74.5 Å². The molecule has 0 fully saturated rings. The first-order valence-electron chi connectivity index (χ1n) is 7.91. The van der Waals surface area contributed by atoms with E-state index in [-0.39, 0.29) is 0 Å². The lowest BCUT2D eigenvalue weighted by Gasteiger charge is -2.12. The molecule has 0 aliphatic rings. The fourth-order valence-corrected chi connectivity index (χ4v) is 4.30. The van der Waals surface area contributed by atoms with Gasteiger partial charge in [0.2, 0.25) is 0 Å². The van der Waals surface area contributed by atoms with Gasteiger partial charge >= 0.3 is 0 Å². The molecule has 0 radical (unpaired) electrons. The Bertz CT molecular complexity index is 778. The van der Waals surface area contributed by atoms with Gasteiger partial charge in [-0.1, -0.05) is 33.8 Å². The van der Waals surface area contributed by atoms with Gasteiger partial charge in [-0.05, 0) is 60.2 Å². The second-order valence-electron chi connectivity index (χ2n) is 5.49. The van der Waals surface area contributed by atoms with E-state index in [1.54, 1.807) is 29.3 Å². The fourth-order valence-electron chi connectivity index (χ4n) is 2.23. The molecule has 0 bridgehead atoms. The van der Waals surface area contributed by atoms with Crippen LogP contribution in [0.2, 0.25) is 0 Å². The van der Waals surface area contributed by atoms with Gasteiger partial charge < -0.3 is 9.84 Å². The van der Waals surface area contributed by atoms with Gasteiger partial charge in [-0.15, -0.1) is 11.3 Å². The molecule has 0 spiro atoms. The van der Waals surface area contributed by atoms with Crippen LogP contribution in [0.1, 0.15) is 12.0 Å². The molecule has 0 saturated carbocycles. The highest BCUT2D eigenvalue weighted by molar-refractivity contribution is 9.10. The number of aliphatic hydroxyl groups is 1. The maximum absolute atomic E-state index is 10.2. The molecule has 0 aliphatic carbocycles. The van der Waals surface area contributed by atoms with E-state index in [1.165, 1.54) is 0 Å². The number of benzene rings is 1. The van der Waals surface area contributed by atoms with Crippen LogP contribution in [0.5, 0.6) is 5.06 Å². The number of aliphatic hydroxyl groups excluding tert-OH is 1. The Morgan fingerprint density at radius 1 is 1.20 bits per heavy atom. The summed E-state index contributed by atoms with van der Waals surface area (Å²) in [5, 5.41) is 13.0. The van der Waals surface area contributed by atoms with Crippen molar-refractivity contribution in [2.45, 2.75) is 28.7 Å². The van der Waals surface area contributed by atoms with Crippen LogP contribution < -0.4 is 4.74 Å². The number of halogens is 1. The summed E-state index contributed by atoms with van der Waals surface area (Å²) in [7, 11) is 0. The minimum Gasteiger partial charge on any atom is -0.480 e. The molecule has 25 heavy (non-hydrogen) atoms. The van der Waals surface area contributed by atoms with Gasteiger partial charge in [-0.3, -0.25) is 4.98 Å². The zero-order valence-corrected chi connectivity index (χ0v) is 16.7. The highest BCUT2D eigenvalue weighted by Crippen LogP contribution is 2.39. The van der Waals surface area contributed by atoms with Gasteiger partial charge in [0.15, 0.2) is 5.06 Å². The summed E-state index contributed by atoms with van der Waals surface area (Å²) in [5.41, 5.74) is 1.13. The van der Waals surface area contributed by atoms with E-state index < -0.39 is 6.10 Å². The Labute approximate surface area is 164 Å². The Morgan fingerprint density at radius 2 is 2.04 bits per heavy atom. The minimum absolute atomic E-state index is 0.300. The second kappa shape index (κ2) is 9.38. The molecule has 3 rings (SSSR count). The average Bonchev–Trinajstić information content (AvgIpc) is 3.08. The number of thiophene rings is 1. The van der Waals surface area contributed by atoms with Gasteiger partial charge in [-0.2, -0.15) is 0 Å². The Balaban J connectivity index is 1.50. The fraction of sp³-hybridized carbons (Fsp3) is 0.211. The first-order chi connectivity index (χ1) is 12.2. The topological polar surface area (TPSA) is 42.4 Å². The smallest absolute Gasteiger partial charge is 0.188 e. The lowest BCUT2D eigenvalue weighted by Crippen LogP contribution is -2.18. The molecular formula is C19H18BrNO2S2. The lowest BCUT2D eigenvalue weighted by atomic mass is 10.1. The summed E-state index contributed by atoms with van der Waals surface area (Å²) in [5.74, 6) is 0. The molecule has 6 heteroatoms. The normalized spacial score (nSPS) is 12.1. The van der Waals surface area contributed by atoms with E-state index in [1.807, 2.05) is 35.8 Å². The number of hydrogen-bond acceptors (Lipinski definition) is 5. The highest BCUT2D eigenvalue weighted by atomic mass is 79.9. The molecule has 2 aromatic heterocycles. The monoisotopic (exact) mass is 435 g/mol. The maximum Gasteiger partial charge on any atom is 0.188 e. The van der Waals surface area contributed by atoms with Gasteiger partial charge in [-0.25, -0.2) is 0 Å². The summed E-state index contributed by atoms with van der Waals surface area (Å²) >= 11 is 6.67. The van der Waals surface area contributed by atoms with Gasteiger partial charge in [0.25, 0.3) is 0 Å². The Kier molecular flexibility index (Phi) is 6.93. The van der Waals surface area contributed by atoms with Crippen molar-refractivity contribution < 1.29 is 9.84 Å². The predicted molar refractivity (Wildman–Crippen MR) is 107 cm³/mol. The molecule has 0 saturated heterocycles. The predicted octanol–water partition coefficient (Wildman–Crippen LogP) is 5.43. The molecule has 0 aliphatic heterocycles. The minimum atomic E-state index is -0.493. The third-order valence-corrected chi connectivity index (χ3v) is 6.06. The van der Waals surface area contributed by atoms with Crippen molar-refractivity contribution in [1.82, 2.24) is 4.98 Å². The van der Waals surface area contributed by atoms with Crippen LogP contribution in [0.3, 0.4) is 0 Å². The lowest BCUT2D eigenvalue weighted by molar-refractivity contribution is 0.101. The summed E-state index contributed by atoms with van der Waals surface area (Å²) in [6.45, 7) is 0.300. The van der Waals surface area contributed by atoms with Crippen molar-refractivity contribution in [3.05, 3.63) is 70.3 Å². The first-order valence-corrected chi connectivity index (χ1v) is 10.4. The number of aromatic nitrogens is 1. The molecule has 2 heterocycles. The number of ether oxygens (including phenoxy) is 1. The van der Waals surface area contributed by atoms with E-state index >= 15 is 0 Å². The zero-order valence-electron chi connectivity index (χ0n) is 13.5. The first kappa shape index (κ1) is 18.5. The highest BCUT2D eigenvalue weighted by Gasteiger charge is 2.11.